The molecule has 0 spiro atoms. The predicted octanol–water partition coefficient (Wildman–Crippen LogP) is 2.46. The van der Waals surface area contributed by atoms with Crippen molar-refractivity contribution in [1.29, 1.82) is 0 Å². The highest BCUT2D eigenvalue weighted by molar-refractivity contribution is 6.24. The van der Waals surface area contributed by atoms with Gasteiger partial charge in [-0.2, -0.15) is 3.84 Å². The van der Waals surface area contributed by atoms with Gasteiger partial charge in [0.05, 0.1) is 23.7 Å². The van der Waals surface area contributed by atoms with Gasteiger partial charge >= 0.3 is 0 Å². The Labute approximate surface area is 76.2 Å². The zero-order valence-corrected chi connectivity index (χ0v) is 7.35. The minimum Gasteiger partial charge on any atom is -0.326 e. The lowest BCUT2D eigenvalue weighted by Gasteiger charge is -1.90. The van der Waals surface area contributed by atoms with E-state index < -0.39 is 0 Å². The zero-order valence-electron chi connectivity index (χ0n) is 5.84. The molecule has 0 radical (unpaired) electrons. The molecule has 0 amide bonds. The molecule has 1 aromatic rings. The molecule has 11 heavy (non-hydrogen) atoms. The van der Waals surface area contributed by atoms with E-state index in [0.29, 0.717) is 6.54 Å². The maximum atomic E-state index is 5.35. The summed E-state index contributed by atoms with van der Waals surface area (Å²) in [6.07, 6.45) is 0. The molecule has 0 bridgehead atoms. The van der Waals surface area contributed by atoms with Crippen LogP contribution in [0.25, 0.3) is 0 Å². The number of benzene rings is 1. The van der Waals surface area contributed by atoms with Crippen molar-refractivity contribution in [3.05, 3.63) is 35.9 Å². The van der Waals surface area contributed by atoms with Gasteiger partial charge < -0.3 is 5.73 Å². The molecule has 2 nitrogen and oxygen atoms in total. The van der Waals surface area contributed by atoms with Crippen LogP contribution in [-0.4, -0.2) is 0 Å². The second kappa shape index (κ2) is 7.82. The second-order valence-corrected chi connectivity index (χ2v) is 2.21. The van der Waals surface area contributed by atoms with Gasteiger partial charge in [0, 0.05) is 6.54 Å². The largest absolute Gasteiger partial charge is 0.326 e. The van der Waals surface area contributed by atoms with Crippen molar-refractivity contribution in [2.45, 2.75) is 6.54 Å². The van der Waals surface area contributed by atoms with E-state index in [-0.39, 0.29) is 0 Å². The Bertz CT molecular complexity index is 169. The van der Waals surface area contributed by atoms with Crippen molar-refractivity contribution in [3.63, 3.8) is 0 Å². The van der Waals surface area contributed by atoms with Crippen LogP contribution in [0.3, 0.4) is 0 Å². The summed E-state index contributed by atoms with van der Waals surface area (Å²) in [5, 5.41) is 0. The molecule has 0 atom stereocenters. The lowest BCUT2D eigenvalue weighted by molar-refractivity contribution is 0.697. The quantitative estimate of drug-likeness (QED) is 0.745. The van der Waals surface area contributed by atoms with Crippen molar-refractivity contribution in [1.82, 2.24) is 0 Å². The topological polar surface area (TPSA) is 35.2 Å². The maximum Gasteiger partial charge on any atom is 0.0832 e. The summed E-state index contributed by atoms with van der Waals surface area (Å²) >= 11 is 8.53. The van der Waals surface area contributed by atoms with Crippen LogP contribution in [0.15, 0.2) is 30.3 Å². The third-order valence-electron chi connectivity index (χ3n) is 1.08. The van der Waals surface area contributed by atoms with E-state index in [9.17, 15) is 0 Å². The summed E-state index contributed by atoms with van der Waals surface area (Å²) in [5.41, 5.74) is 6.54. The van der Waals surface area contributed by atoms with Crippen LogP contribution in [0.4, 0.5) is 0 Å². The van der Waals surface area contributed by atoms with Crippen molar-refractivity contribution in [2.75, 3.05) is 0 Å². The smallest absolute Gasteiger partial charge is 0.0832 e. The number of hydrogen-bond donors (Lipinski definition) is 1. The van der Waals surface area contributed by atoms with Gasteiger partial charge in [-0.15, -0.1) is 0 Å². The van der Waals surface area contributed by atoms with Crippen LogP contribution < -0.4 is 5.73 Å². The third-order valence-corrected chi connectivity index (χ3v) is 1.08. The summed E-state index contributed by atoms with van der Waals surface area (Å²) < 4.78 is 3.19. The molecular weight excluding hydrogens is 185 g/mol. The summed E-state index contributed by atoms with van der Waals surface area (Å²) in [4.78, 5) is 0. The Morgan fingerprint density at radius 2 is 1.64 bits per heavy atom. The summed E-state index contributed by atoms with van der Waals surface area (Å²) in [6.45, 7) is 0.640. The Kier molecular flexibility index (Phi) is 7.62. The molecule has 0 fully saturated rings. The first-order valence-corrected chi connectivity index (χ1v) is 3.60. The van der Waals surface area contributed by atoms with Gasteiger partial charge in [-0.1, -0.05) is 30.3 Å². The monoisotopic (exact) mass is 193 g/mol. The van der Waals surface area contributed by atoms with E-state index in [1.54, 1.807) is 0 Å². The highest BCUT2D eigenvalue weighted by Crippen LogP contribution is 1.94. The molecule has 62 valence electrons. The Hall–Kier alpha value is -0.280. The lowest BCUT2D eigenvalue weighted by atomic mass is 10.2. The first-order valence-electron chi connectivity index (χ1n) is 2.98. The van der Waals surface area contributed by atoms with Gasteiger partial charge in [-0.3, -0.25) is 0 Å². The molecule has 0 saturated carbocycles. The van der Waals surface area contributed by atoms with Crippen LogP contribution in [0.2, 0.25) is 0 Å². The molecule has 2 N–H and O–H groups in total. The maximum absolute atomic E-state index is 5.35. The number of rotatable bonds is 1. The predicted molar refractivity (Wildman–Crippen MR) is 47.1 cm³/mol. The standard InChI is InChI=1S/C7H9N.Cl2O/c8-6-7-4-2-1-3-5-7;1-3-2/h1-5H,6,8H2;. The fourth-order valence-electron chi connectivity index (χ4n) is 0.614. The van der Waals surface area contributed by atoms with E-state index in [4.69, 9.17) is 5.73 Å². The molecule has 0 saturated heterocycles. The number of nitrogens with two attached hydrogens (primary N) is 1. The highest BCUT2D eigenvalue weighted by Gasteiger charge is 1.80. The van der Waals surface area contributed by atoms with Crippen LogP contribution in [0, 0.1) is 0 Å². The van der Waals surface area contributed by atoms with Crippen molar-refractivity contribution in [3.8, 4) is 0 Å². The van der Waals surface area contributed by atoms with Crippen LogP contribution in [-0.2, 0) is 10.4 Å². The van der Waals surface area contributed by atoms with Crippen molar-refractivity contribution < 1.29 is 3.84 Å². The zero-order chi connectivity index (χ0) is 8.53. The number of hydrogen-bond acceptors (Lipinski definition) is 2. The SMILES string of the molecule is ClOCl.NCc1ccccc1. The van der Waals surface area contributed by atoms with Gasteiger partial charge in [-0.05, 0) is 5.56 Å². The van der Waals surface area contributed by atoms with Crippen molar-refractivity contribution >= 4 is 23.7 Å². The summed E-state index contributed by atoms with van der Waals surface area (Å²) in [6, 6.07) is 9.99. The molecule has 0 heterocycles. The molecule has 0 aliphatic carbocycles. The molecule has 1 aromatic carbocycles. The first kappa shape index (κ1) is 10.7. The fraction of sp³-hybridized carbons (Fsp3) is 0.143. The van der Waals surface area contributed by atoms with Crippen molar-refractivity contribution in [2.24, 2.45) is 5.73 Å². The molecular formula is C7H9Cl2NO. The van der Waals surface area contributed by atoms with Gasteiger partial charge in [0.1, 0.15) is 0 Å². The van der Waals surface area contributed by atoms with Crippen LogP contribution in [0.5, 0.6) is 0 Å². The highest BCUT2D eigenvalue weighted by atomic mass is 35.6. The van der Waals surface area contributed by atoms with Crippen LogP contribution in [0.1, 0.15) is 5.56 Å². The minimum absolute atomic E-state index is 0.640. The Morgan fingerprint density at radius 1 is 1.18 bits per heavy atom. The van der Waals surface area contributed by atoms with Gasteiger partial charge in [0.2, 0.25) is 0 Å². The van der Waals surface area contributed by atoms with E-state index in [0.717, 1.165) is 0 Å². The lowest BCUT2D eigenvalue weighted by Crippen LogP contribution is -1.94. The molecule has 1 rings (SSSR count). The summed E-state index contributed by atoms with van der Waals surface area (Å²) in [7, 11) is 0. The van der Waals surface area contributed by atoms with Gasteiger partial charge in [-0.25, -0.2) is 0 Å². The molecule has 0 aromatic heterocycles. The molecule has 4 heteroatoms. The van der Waals surface area contributed by atoms with Crippen LogP contribution >= 0.6 is 23.7 Å². The molecule has 0 unspecified atom stereocenters. The average Bonchev–Trinajstić information content (AvgIpc) is 2.08. The minimum atomic E-state index is 0.640. The Morgan fingerprint density at radius 3 is 1.91 bits per heavy atom. The third kappa shape index (κ3) is 6.13. The van der Waals surface area contributed by atoms with Gasteiger partial charge in [0.25, 0.3) is 0 Å². The molecule has 0 aliphatic heterocycles. The second-order valence-electron chi connectivity index (χ2n) is 1.75. The van der Waals surface area contributed by atoms with E-state index in [2.05, 4.69) is 27.6 Å². The van der Waals surface area contributed by atoms with Gasteiger partial charge in [0.15, 0.2) is 0 Å². The number of halogens is 2. The fourth-order valence-corrected chi connectivity index (χ4v) is 0.614. The Balaban J connectivity index is 0.000000292. The van der Waals surface area contributed by atoms with E-state index in [1.165, 1.54) is 5.56 Å². The van der Waals surface area contributed by atoms with E-state index >= 15 is 0 Å². The summed E-state index contributed by atoms with van der Waals surface area (Å²) in [5.74, 6) is 0. The van der Waals surface area contributed by atoms with E-state index in [1.807, 2.05) is 30.3 Å². The molecule has 0 aliphatic rings. The normalized spacial score (nSPS) is 8.27. The average molecular weight is 194 g/mol. The first-order chi connectivity index (χ1) is 5.35.